The van der Waals surface area contributed by atoms with E-state index in [0.29, 0.717) is 5.41 Å². The van der Waals surface area contributed by atoms with Crippen molar-refractivity contribution in [2.45, 2.75) is 104 Å². The van der Waals surface area contributed by atoms with Crippen LogP contribution in [0.5, 0.6) is 0 Å². The van der Waals surface area contributed by atoms with Gasteiger partial charge in [-0.1, -0.05) is 69.9 Å². The van der Waals surface area contributed by atoms with Crippen molar-refractivity contribution in [3.05, 3.63) is 35.5 Å². The minimum Gasteiger partial charge on any atom is -0.393 e. The van der Waals surface area contributed by atoms with Crippen LogP contribution in [0.2, 0.25) is 0 Å². The van der Waals surface area contributed by atoms with Crippen molar-refractivity contribution >= 4 is 0 Å². The third kappa shape index (κ3) is 4.97. The molecular formula is C26H42O. The molecule has 0 aliphatic heterocycles. The standard InChI is InChI=1S/C26H42O/c1-19(2)8-5-6-10-23-14-16-25-21(9-7-17-26(23,25)4)12-13-22-18-24(27)15-11-20(22)3/h12-13,19,23-25,27H,3,5-11,14-18H2,1-2,4H3/b21-12+,22-13-. The number of aliphatic hydroxyl groups is 1. The maximum Gasteiger partial charge on any atom is 0.0583 e. The van der Waals surface area contributed by atoms with Gasteiger partial charge >= 0.3 is 0 Å². The Morgan fingerprint density at radius 1 is 1.15 bits per heavy atom. The largest absolute Gasteiger partial charge is 0.393 e. The summed E-state index contributed by atoms with van der Waals surface area (Å²) in [4.78, 5) is 0. The van der Waals surface area contributed by atoms with Gasteiger partial charge in [-0.2, -0.15) is 0 Å². The molecule has 0 amide bonds. The maximum absolute atomic E-state index is 9.99. The lowest BCUT2D eigenvalue weighted by Crippen LogP contribution is -2.33. The Morgan fingerprint density at radius 3 is 2.74 bits per heavy atom. The lowest BCUT2D eigenvalue weighted by Gasteiger charge is -2.42. The van der Waals surface area contributed by atoms with Gasteiger partial charge < -0.3 is 5.11 Å². The molecule has 4 atom stereocenters. The fourth-order valence-electron chi connectivity index (χ4n) is 6.16. The summed E-state index contributed by atoms with van der Waals surface area (Å²) in [7, 11) is 0. The second-order valence-electron chi connectivity index (χ2n) is 10.3. The van der Waals surface area contributed by atoms with Crippen LogP contribution < -0.4 is 0 Å². The van der Waals surface area contributed by atoms with Crippen molar-refractivity contribution in [3.8, 4) is 0 Å². The van der Waals surface area contributed by atoms with Crippen LogP contribution in [0.1, 0.15) is 97.8 Å². The fraction of sp³-hybridized carbons (Fsp3) is 0.769. The number of allylic oxidation sites excluding steroid dienone is 4. The van der Waals surface area contributed by atoms with Gasteiger partial charge in [0.25, 0.3) is 0 Å². The van der Waals surface area contributed by atoms with Crippen molar-refractivity contribution < 1.29 is 5.11 Å². The van der Waals surface area contributed by atoms with Gasteiger partial charge in [0.15, 0.2) is 0 Å². The van der Waals surface area contributed by atoms with E-state index < -0.39 is 0 Å². The summed E-state index contributed by atoms with van der Waals surface area (Å²) in [5.41, 5.74) is 4.75. The highest BCUT2D eigenvalue weighted by Crippen LogP contribution is 2.58. The molecule has 1 N–H and O–H groups in total. The zero-order valence-electron chi connectivity index (χ0n) is 18.1. The van der Waals surface area contributed by atoms with Crippen LogP contribution in [0.25, 0.3) is 0 Å². The van der Waals surface area contributed by atoms with Gasteiger partial charge in [0.2, 0.25) is 0 Å². The zero-order chi connectivity index (χ0) is 19.4. The predicted octanol–water partition coefficient (Wildman–Crippen LogP) is 7.37. The van der Waals surface area contributed by atoms with Gasteiger partial charge in [-0.15, -0.1) is 0 Å². The molecule has 0 aromatic carbocycles. The molecule has 0 spiro atoms. The first-order chi connectivity index (χ1) is 12.9. The smallest absolute Gasteiger partial charge is 0.0583 e. The van der Waals surface area contributed by atoms with Crippen LogP contribution >= 0.6 is 0 Å². The molecule has 0 heterocycles. The predicted molar refractivity (Wildman–Crippen MR) is 117 cm³/mol. The third-order valence-electron chi connectivity index (χ3n) is 7.93. The van der Waals surface area contributed by atoms with Gasteiger partial charge in [0, 0.05) is 0 Å². The lowest BCUT2D eigenvalue weighted by molar-refractivity contribution is 0.127. The normalized spacial score (nSPS) is 37.4. The molecule has 0 aromatic rings. The Labute approximate surface area is 168 Å². The van der Waals surface area contributed by atoms with Gasteiger partial charge in [0.05, 0.1) is 6.10 Å². The van der Waals surface area contributed by atoms with Crippen molar-refractivity contribution in [1.29, 1.82) is 0 Å². The summed E-state index contributed by atoms with van der Waals surface area (Å²) in [6.45, 7) is 11.5. The lowest BCUT2D eigenvalue weighted by atomic mass is 9.62. The highest BCUT2D eigenvalue weighted by Gasteiger charge is 2.48. The summed E-state index contributed by atoms with van der Waals surface area (Å²) in [6.07, 6.45) is 19.7. The summed E-state index contributed by atoms with van der Waals surface area (Å²) in [5.74, 6) is 2.57. The second kappa shape index (κ2) is 9.12. The number of hydrogen-bond acceptors (Lipinski definition) is 1. The second-order valence-corrected chi connectivity index (χ2v) is 10.3. The molecule has 4 unspecified atom stereocenters. The van der Waals surface area contributed by atoms with Crippen molar-refractivity contribution in [2.24, 2.45) is 23.2 Å². The average molecular weight is 371 g/mol. The fourth-order valence-corrected chi connectivity index (χ4v) is 6.16. The van der Waals surface area contributed by atoms with Gasteiger partial charge in [0.1, 0.15) is 0 Å². The molecule has 3 fully saturated rings. The number of rotatable bonds is 6. The van der Waals surface area contributed by atoms with E-state index >= 15 is 0 Å². The molecule has 3 aliphatic carbocycles. The Balaban J connectivity index is 1.65. The highest BCUT2D eigenvalue weighted by atomic mass is 16.3. The molecule has 0 bridgehead atoms. The number of aliphatic hydroxyl groups excluding tert-OH is 1. The van der Waals surface area contributed by atoms with Crippen LogP contribution in [0.3, 0.4) is 0 Å². The first kappa shape index (κ1) is 20.9. The van der Waals surface area contributed by atoms with E-state index in [2.05, 4.69) is 39.5 Å². The van der Waals surface area contributed by atoms with E-state index in [1.807, 2.05) is 0 Å². The first-order valence-electron chi connectivity index (χ1n) is 11.7. The average Bonchev–Trinajstić information content (AvgIpc) is 2.96. The van der Waals surface area contributed by atoms with E-state index in [-0.39, 0.29) is 6.10 Å². The first-order valence-corrected chi connectivity index (χ1v) is 11.7. The molecule has 3 aliphatic rings. The minimum absolute atomic E-state index is 0.168. The molecule has 1 nitrogen and oxygen atoms in total. The molecule has 3 saturated carbocycles. The van der Waals surface area contributed by atoms with Gasteiger partial charge in [-0.3, -0.25) is 0 Å². The van der Waals surface area contributed by atoms with Crippen LogP contribution in [-0.2, 0) is 0 Å². The Hall–Kier alpha value is -0.820. The van der Waals surface area contributed by atoms with E-state index in [4.69, 9.17) is 0 Å². The Bertz CT molecular complexity index is 581. The van der Waals surface area contributed by atoms with Gasteiger partial charge in [-0.25, -0.2) is 0 Å². The topological polar surface area (TPSA) is 20.2 Å². The van der Waals surface area contributed by atoms with Crippen LogP contribution in [0, 0.1) is 23.2 Å². The molecule has 152 valence electrons. The van der Waals surface area contributed by atoms with Crippen molar-refractivity contribution in [3.63, 3.8) is 0 Å². The van der Waals surface area contributed by atoms with Crippen LogP contribution in [0.4, 0.5) is 0 Å². The minimum atomic E-state index is -0.168. The van der Waals surface area contributed by atoms with E-state index in [9.17, 15) is 5.11 Å². The number of hydrogen-bond donors (Lipinski definition) is 1. The van der Waals surface area contributed by atoms with E-state index in [0.717, 1.165) is 37.0 Å². The molecule has 0 saturated heterocycles. The van der Waals surface area contributed by atoms with E-state index in [1.54, 1.807) is 5.57 Å². The number of unbranched alkanes of at least 4 members (excludes halogenated alkanes) is 1. The maximum atomic E-state index is 9.99. The molecule has 27 heavy (non-hydrogen) atoms. The summed E-state index contributed by atoms with van der Waals surface area (Å²) < 4.78 is 0. The van der Waals surface area contributed by atoms with Crippen LogP contribution in [-0.4, -0.2) is 11.2 Å². The zero-order valence-corrected chi connectivity index (χ0v) is 18.1. The SMILES string of the molecule is C=C1CCC(O)C/C1=C/C=C1\CCCC2(C)C(CCCCC(C)C)CCC12. The van der Waals surface area contributed by atoms with Crippen molar-refractivity contribution in [1.82, 2.24) is 0 Å². The Morgan fingerprint density at radius 2 is 1.96 bits per heavy atom. The van der Waals surface area contributed by atoms with Crippen LogP contribution in [0.15, 0.2) is 35.5 Å². The Kier molecular flexibility index (Phi) is 7.06. The van der Waals surface area contributed by atoms with E-state index in [1.165, 1.54) is 68.9 Å². The number of fused-ring (bicyclic) bond motifs is 1. The molecule has 1 heteroatoms. The molecule has 3 rings (SSSR count). The van der Waals surface area contributed by atoms with Gasteiger partial charge in [-0.05, 0) is 86.5 Å². The summed E-state index contributed by atoms with van der Waals surface area (Å²) >= 11 is 0. The third-order valence-corrected chi connectivity index (χ3v) is 7.93. The highest BCUT2D eigenvalue weighted by molar-refractivity contribution is 5.36. The summed E-state index contributed by atoms with van der Waals surface area (Å²) in [6, 6.07) is 0. The monoisotopic (exact) mass is 370 g/mol. The quantitative estimate of drug-likeness (QED) is 0.484. The molecular weight excluding hydrogens is 328 g/mol. The molecule has 0 aromatic heterocycles. The molecule has 0 radical (unpaired) electrons. The van der Waals surface area contributed by atoms with Crippen molar-refractivity contribution in [2.75, 3.05) is 0 Å². The summed E-state index contributed by atoms with van der Waals surface area (Å²) in [5, 5.41) is 9.99.